The van der Waals surface area contributed by atoms with Crippen LogP contribution in [0, 0.1) is 19.8 Å². The SMILES string of the molecule is Cc1cccc(N2CCN(C(C(=O)O)c3c[nH]c4cc(NC(=O)C(C)C)ccc34)CC2)c1C. The third-order valence-corrected chi connectivity index (χ3v) is 6.63. The number of carbonyl (C=O) groups excluding carboxylic acids is 1. The molecule has 174 valence electrons. The molecule has 1 unspecified atom stereocenters. The molecule has 2 heterocycles. The Morgan fingerprint density at radius 1 is 1.06 bits per heavy atom. The van der Waals surface area contributed by atoms with Crippen LogP contribution in [0.4, 0.5) is 11.4 Å². The molecule has 7 nitrogen and oxygen atoms in total. The second-order valence-corrected chi connectivity index (χ2v) is 9.13. The van der Waals surface area contributed by atoms with Gasteiger partial charge in [0.1, 0.15) is 6.04 Å². The Hall–Kier alpha value is -3.32. The number of aryl methyl sites for hydroxylation is 1. The van der Waals surface area contributed by atoms with Crippen LogP contribution in [-0.2, 0) is 9.59 Å². The first-order valence-corrected chi connectivity index (χ1v) is 11.5. The van der Waals surface area contributed by atoms with Crippen molar-refractivity contribution in [3.63, 3.8) is 0 Å². The Kier molecular flexibility index (Phi) is 6.42. The molecule has 3 N–H and O–H groups in total. The molecule has 1 fully saturated rings. The number of aromatic nitrogens is 1. The number of rotatable bonds is 6. The van der Waals surface area contributed by atoms with E-state index >= 15 is 0 Å². The summed E-state index contributed by atoms with van der Waals surface area (Å²) < 4.78 is 0. The summed E-state index contributed by atoms with van der Waals surface area (Å²) in [6, 6.07) is 11.2. The summed E-state index contributed by atoms with van der Waals surface area (Å²) in [6.45, 7) is 10.8. The minimum Gasteiger partial charge on any atom is -0.480 e. The van der Waals surface area contributed by atoms with E-state index in [9.17, 15) is 14.7 Å². The smallest absolute Gasteiger partial charge is 0.325 e. The first kappa shape index (κ1) is 22.9. The molecular formula is C26H32N4O3. The maximum absolute atomic E-state index is 12.4. The number of carboxylic acid groups (broad SMARTS) is 1. The summed E-state index contributed by atoms with van der Waals surface area (Å²) in [5, 5.41) is 13.9. The number of H-pyrrole nitrogens is 1. The number of hydrogen-bond donors (Lipinski definition) is 3. The summed E-state index contributed by atoms with van der Waals surface area (Å²) in [7, 11) is 0. The van der Waals surface area contributed by atoms with E-state index in [0.29, 0.717) is 18.8 Å². The average molecular weight is 449 g/mol. The zero-order valence-corrected chi connectivity index (χ0v) is 19.7. The van der Waals surface area contributed by atoms with E-state index < -0.39 is 12.0 Å². The fourth-order valence-corrected chi connectivity index (χ4v) is 4.52. The topological polar surface area (TPSA) is 88.7 Å². The van der Waals surface area contributed by atoms with Crippen LogP contribution in [-0.4, -0.2) is 53.0 Å². The molecule has 0 spiro atoms. The van der Waals surface area contributed by atoms with Gasteiger partial charge in [0.25, 0.3) is 0 Å². The summed E-state index contributed by atoms with van der Waals surface area (Å²) in [5.74, 6) is -1.02. The number of piperazine rings is 1. The van der Waals surface area contributed by atoms with Gasteiger partial charge in [-0.15, -0.1) is 0 Å². The summed E-state index contributed by atoms with van der Waals surface area (Å²) in [4.78, 5) is 32.0. The van der Waals surface area contributed by atoms with Gasteiger partial charge in [-0.2, -0.15) is 0 Å². The summed E-state index contributed by atoms with van der Waals surface area (Å²) in [6.07, 6.45) is 1.79. The van der Waals surface area contributed by atoms with Crippen molar-refractivity contribution in [3.05, 3.63) is 59.3 Å². The minimum atomic E-state index is -0.853. The first-order valence-electron chi connectivity index (χ1n) is 11.5. The molecule has 1 aromatic heterocycles. The third-order valence-electron chi connectivity index (χ3n) is 6.63. The van der Waals surface area contributed by atoms with Crippen molar-refractivity contribution < 1.29 is 14.7 Å². The number of nitrogens with zero attached hydrogens (tertiary/aromatic N) is 2. The van der Waals surface area contributed by atoms with E-state index in [0.717, 1.165) is 29.6 Å². The van der Waals surface area contributed by atoms with Gasteiger partial charge in [-0.1, -0.05) is 32.0 Å². The molecule has 1 amide bonds. The van der Waals surface area contributed by atoms with E-state index in [-0.39, 0.29) is 11.8 Å². The van der Waals surface area contributed by atoms with Crippen LogP contribution in [0.25, 0.3) is 10.9 Å². The van der Waals surface area contributed by atoms with Gasteiger partial charge in [0, 0.05) is 66.1 Å². The van der Waals surface area contributed by atoms with Crippen molar-refractivity contribution in [3.8, 4) is 0 Å². The number of anilines is 2. The lowest BCUT2D eigenvalue weighted by molar-refractivity contribution is -0.143. The van der Waals surface area contributed by atoms with Crippen LogP contribution in [0.3, 0.4) is 0 Å². The van der Waals surface area contributed by atoms with E-state index in [4.69, 9.17) is 0 Å². The lowest BCUT2D eigenvalue weighted by Gasteiger charge is -2.39. The number of aromatic amines is 1. The molecule has 4 rings (SSSR count). The van der Waals surface area contributed by atoms with Crippen LogP contribution in [0.2, 0.25) is 0 Å². The summed E-state index contributed by atoms with van der Waals surface area (Å²) in [5.41, 5.74) is 6.03. The Labute approximate surface area is 194 Å². The number of fused-ring (bicyclic) bond motifs is 1. The Morgan fingerprint density at radius 3 is 2.45 bits per heavy atom. The molecule has 33 heavy (non-hydrogen) atoms. The Bertz CT molecular complexity index is 1180. The number of amides is 1. The lowest BCUT2D eigenvalue weighted by atomic mass is 10.0. The average Bonchev–Trinajstić information content (AvgIpc) is 3.19. The molecule has 2 aromatic carbocycles. The van der Waals surface area contributed by atoms with Crippen molar-refractivity contribution in [1.29, 1.82) is 0 Å². The van der Waals surface area contributed by atoms with Crippen LogP contribution in [0.1, 0.15) is 36.6 Å². The maximum atomic E-state index is 12.4. The van der Waals surface area contributed by atoms with Crippen molar-refractivity contribution in [2.45, 2.75) is 33.7 Å². The molecule has 1 atom stereocenters. The highest BCUT2D eigenvalue weighted by Gasteiger charge is 2.32. The fourth-order valence-electron chi connectivity index (χ4n) is 4.52. The number of aliphatic carboxylic acids is 1. The van der Waals surface area contributed by atoms with Crippen LogP contribution < -0.4 is 10.2 Å². The van der Waals surface area contributed by atoms with E-state index in [1.54, 1.807) is 6.20 Å². The third kappa shape index (κ3) is 4.59. The fraction of sp³-hybridized carbons (Fsp3) is 0.385. The van der Waals surface area contributed by atoms with Gasteiger partial charge < -0.3 is 20.3 Å². The van der Waals surface area contributed by atoms with Gasteiger partial charge >= 0.3 is 5.97 Å². The standard InChI is InChI=1S/C26H32N4O3/c1-16(2)25(31)28-19-8-9-20-21(15-27-22(20)14-19)24(26(32)33)30-12-10-29(11-13-30)23-7-5-6-17(3)18(23)4/h5-9,14-16,24,27H,10-13H2,1-4H3,(H,28,31)(H,32,33). The highest BCUT2D eigenvalue weighted by Crippen LogP contribution is 2.32. The number of benzene rings is 2. The van der Waals surface area contributed by atoms with Gasteiger partial charge in [-0.05, 0) is 43.2 Å². The van der Waals surface area contributed by atoms with Crippen LogP contribution in [0.5, 0.6) is 0 Å². The second-order valence-electron chi connectivity index (χ2n) is 9.13. The molecule has 0 bridgehead atoms. The Balaban J connectivity index is 1.54. The molecule has 0 saturated carbocycles. The zero-order chi connectivity index (χ0) is 23.7. The molecule has 0 aliphatic carbocycles. The van der Waals surface area contributed by atoms with Gasteiger partial charge in [-0.25, -0.2) is 0 Å². The largest absolute Gasteiger partial charge is 0.480 e. The predicted molar refractivity (Wildman–Crippen MR) is 132 cm³/mol. The molecule has 0 radical (unpaired) electrons. The predicted octanol–water partition coefficient (Wildman–Crippen LogP) is 4.33. The molecule has 3 aromatic rings. The van der Waals surface area contributed by atoms with Crippen LogP contribution >= 0.6 is 0 Å². The van der Waals surface area contributed by atoms with E-state index in [1.165, 1.54) is 16.8 Å². The number of carboxylic acids is 1. The van der Waals surface area contributed by atoms with Crippen LogP contribution in [0.15, 0.2) is 42.6 Å². The Morgan fingerprint density at radius 2 is 1.79 bits per heavy atom. The van der Waals surface area contributed by atoms with E-state index in [1.807, 2.05) is 36.9 Å². The number of hydrogen-bond acceptors (Lipinski definition) is 4. The lowest BCUT2D eigenvalue weighted by Crippen LogP contribution is -2.49. The molecule has 1 saturated heterocycles. The van der Waals surface area contributed by atoms with Crippen molar-refractivity contribution >= 4 is 34.2 Å². The highest BCUT2D eigenvalue weighted by atomic mass is 16.4. The molecule has 1 aliphatic heterocycles. The van der Waals surface area contributed by atoms with Gasteiger partial charge in [0.05, 0.1) is 0 Å². The van der Waals surface area contributed by atoms with Gasteiger partial charge in [0.2, 0.25) is 5.91 Å². The quantitative estimate of drug-likeness (QED) is 0.522. The zero-order valence-electron chi connectivity index (χ0n) is 19.7. The monoisotopic (exact) mass is 448 g/mol. The van der Waals surface area contributed by atoms with Crippen molar-refractivity contribution in [2.24, 2.45) is 5.92 Å². The molecule has 7 heteroatoms. The van der Waals surface area contributed by atoms with Crippen molar-refractivity contribution in [1.82, 2.24) is 9.88 Å². The molecular weight excluding hydrogens is 416 g/mol. The van der Waals surface area contributed by atoms with Crippen molar-refractivity contribution in [2.75, 3.05) is 36.4 Å². The normalized spacial score (nSPS) is 15.7. The minimum absolute atomic E-state index is 0.0498. The second kappa shape index (κ2) is 9.27. The first-order chi connectivity index (χ1) is 15.8. The van der Waals surface area contributed by atoms with Gasteiger partial charge in [-0.3, -0.25) is 14.5 Å². The number of carbonyl (C=O) groups is 2. The number of nitrogens with one attached hydrogen (secondary N) is 2. The molecule has 1 aliphatic rings. The highest BCUT2D eigenvalue weighted by molar-refractivity contribution is 5.96. The van der Waals surface area contributed by atoms with Gasteiger partial charge in [0.15, 0.2) is 0 Å². The van der Waals surface area contributed by atoms with E-state index in [2.05, 4.69) is 47.2 Å². The maximum Gasteiger partial charge on any atom is 0.325 e. The summed E-state index contributed by atoms with van der Waals surface area (Å²) >= 11 is 0.